The maximum absolute atomic E-state index is 12.4. The lowest BCUT2D eigenvalue weighted by molar-refractivity contribution is -0.117. The van der Waals surface area contributed by atoms with Gasteiger partial charge in [-0.05, 0) is 43.2 Å². The second-order valence-corrected chi connectivity index (χ2v) is 6.77. The Morgan fingerprint density at radius 3 is 2.56 bits per heavy atom. The highest BCUT2D eigenvalue weighted by molar-refractivity contribution is 5.92. The number of rotatable bonds is 7. The molecule has 1 aliphatic heterocycles. The summed E-state index contributed by atoms with van der Waals surface area (Å²) in [4.78, 5) is 16.9. The first-order valence-corrected chi connectivity index (χ1v) is 9.77. The molecule has 1 fully saturated rings. The van der Waals surface area contributed by atoms with Crippen LogP contribution in [0.5, 0.6) is 5.75 Å². The molecular formula is C22H29N3O2. The topological polar surface area (TPSA) is 44.8 Å². The zero-order chi connectivity index (χ0) is 19.1. The molecule has 0 aromatic heterocycles. The quantitative estimate of drug-likeness (QED) is 0.815. The van der Waals surface area contributed by atoms with Crippen LogP contribution >= 0.6 is 0 Å². The van der Waals surface area contributed by atoms with Gasteiger partial charge in [0.25, 0.3) is 0 Å². The van der Waals surface area contributed by atoms with E-state index in [4.69, 9.17) is 4.74 Å². The third-order valence-electron chi connectivity index (χ3n) is 4.86. The van der Waals surface area contributed by atoms with E-state index in [-0.39, 0.29) is 5.91 Å². The SMILES string of the molecule is CCOc1ccccc1N1CCN(CC(=O)Nc2cccc(CC)c2)CC1. The van der Waals surface area contributed by atoms with Crippen molar-refractivity contribution in [1.82, 2.24) is 4.90 Å². The summed E-state index contributed by atoms with van der Waals surface area (Å²) in [5.74, 6) is 0.980. The van der Waals surface area contributed by atoms with Gasteiger partial charge in [-0.1, -0.05) is 31.2 Å². The molecule has 5 nitrogen and oxygen atoms in total. The molecular weight excluding hydrogens is 338 g/mol. The van der Waals surface area contributed by atoms with E-state index in [1.807, 2.05) is 43.3 Å². The lowest BCUT2D eigenvalue weighted by atomic mass is 10.1. The molecule has 1 saturated heterocycles. The molecule has 1 N–H and O–H groups in total. The summed E-state index contributed by atoms with van der Waals surface area (Å²) in [6, 6.07) is 16.2. The Morgan fingerprint density at radius 2 is 1.81 bits per heavy atom. The maximum Gasteiger partial charge on any atom is 0.238 e. The van der Waals surface area contributed by atoms with Crippen LogP contribution in [0.4, 0.5) is 11.4 Å². The van der Waals surface area contributed by atoms with Gasteiger partial charge in [-0.15, -0.1) is 0 Å². The molecule has 0 aliphatic carbocycles. The van der Waals surface area contributed by atoms with Crippen molar-refractivity contribution in [3.05, 3.63) is 54.1 Å². The minimum atomic E-state index is 0.0476. The van der Waals surface area contributed by atoms with Crippen molar-refractivity contribution in [2.24, 2.45) is 0 Å². The predicted octanol–water partition coefficient (Wildman–Crippen LogP) is 3.41. The maximum atomic E-state index is 12.4. The Kier molecular flexibility index (Phi) is 6.71. The highest BCUT2D eigenvalue weighted by Crippen LogP contribution is 2.28. The Labute approximate surface area is 161 Å². The van der Waals surface area contributed by atoms with Crippen molar-refractivity contribution in [2.45, 2.75) is 20.3 Å². The summed E-state index contributed by atoms with van der Waals surface area (Å²) in [5, 5.41) is 3.02. The molecule has 3 rings (SSSR count). The Hall–Kier alpha value is -2.53. The second-order valence-electron chi connectivity index (χ2n) is 6.77. The lowest BCUT2D eigenvalue weighted by Gasteiger charge is -2.36. The highest BCUT2D eigenvalue weighted by atomic mass is 16.5. The van der Waals surface area contributed by atoms with Crippen LogP contribution in [0.25, 0.3) is 0 Å². The molecule has 27 heavy (non-hydrogen) atoms. The third kappa shape index (κ3) is 5.23. The molecule has 1 aliphatic rings. The zero-order valence-electron chi connectivity index (χ0n) is 16.3. The number of ether oxygens (including phenoxy) is 1. The predicted molar refractivity (Wildman–Crippen MR) is 111 cm³/mol. The van der Waals surface area contributed by atoms with Gasteiger partial charge in [0.1, 0.15) is 5.75 Å². The molecule has 0 bridgehead atoms. The lowest BCUT2D eigenvalue weighted by Crippen LogP contribution is -2.48. The molecule has 0 spiro atoms. The standard InChI is InChI=1S/C22H29N3O2/c1-3-18-8-7-9-19(16-18)23-22(26)17-24-12-14-25(15-13-24)20-10-5-6-11-21(20)27-4-2/h5-11,16H,3-4,12-15,17H2,1-2H3,(H,23,26). The number of hydrogen-bond acceptors (Lipinski definition) is 4. The van der Waals surface area contributed by atoms with Crippen LogP contribution in [0.3, 0.4) is 0 Å². The number of aryl methyl sites for hydroxylation is 1. The molecule has 0 atom stereocenters. The van der Waals surface area contributed by atoms with E-state index in [1.165, 1.54) is 5.56 Å². The van der Waals surface area contributed by atoms with Crippen molar-refractivity contribution in [1.29, 1.82) is 0 Å². The number of benzene rings is 2. The number of para-hydroxylation sites is 2. The molecule has 0 saturated carbocycles. The van der Waals surface area contributed by atoms with E-state index < -0.39 is 0 Å². The molecule has 1 amide bonds. The Bertz CT molecular complexity index is 755. The molecule has 144 valence electrons. The van der Waals surface area contributed by atoms with Crippen LogP contribution < -0.4 is 15.0 Å². The van der Waals surface area contributed by atoms with Crippen LogP contribution in [0.1, 0.15) is 19.4 Å². The van der Waals surface area contributed by atoms with E-state index in [2.05, 4.69) is 34.2 Å². The van der Waals surface area contributed by atoms with E-state index in [9.17, 15) is 4.79 Å². The fraction of sp³-hybridized carbons (Fsp3) is 0.409. The number of amides is 1. The first kappa shape index (κ1) is 19.2. The second kappa shape index (κ2) is 9.42. The fourth-order valence-electron chi connectivity index (χ4n) is 3.42. The van der Waals surface area contributed by atoms with Crippen LogP contribution in [-0.4, -0.2) is 50.1 Å². The third-order valence-corrected chi connectivity index (χ3v) is 4.86. The molecule has 1 heterocycles. The number of nitrogens with one attached hydrogen (secondary N) is 1. The van der Waals surface area contributed by atoms with Gasteiger partial charge in [0.15, 0.2) is 0 Å². The number of carbonyl (C=O) groups excluding carboxylic acids is 1. The van der Waals surface area contributed by atoms with E-state index in [0.29, 0.717) is 13.2 Å². The number of carbonyl (C=O) groups is 1. The molecule has 5 heteroatoms. The van der Waals surface area contributed by atoms with E-state index >= 15 is 0 Å². The van der Waals surface area contributed by atoms with Gasteiger partial charge in [-0.25, -0.2) is 0 Å². The zero-order valence-corrected chi connectivity index (χ0v) is 16.3. The van der Waals surface area contributed by atoms with Crippen molar-refractivity contribution in [3.63, 3.8) is 0 Å². The van der Waals surface area contributed by atoms with Gasteiger partial charge in [-0.2, -0.15) is 0 Å². The average molecular weight is 367 g/mol. The fourth-order valence-corrected chi connectivity index (χ4v) is 3.42. The summed E-state index contributed by atoms with van der Waals surface area (Å²) >= 11 is 0. The van der Waals surface area contributed by atoms with Crippen molar-refractivity contribution in [2.75, 3.05) is 49.5 Å². The van der Waals surface area contributed by atoms with Gasteiger partial charge in [0.2, 0.25) is 5.91 Å². The Morgan fingerprint density at radius 1 is 1.04 bits per heavy atom. The molecule has 0 unspecified atom stereocenters. The number of anilines is 2. The molecule has 2 aromatic carbocycles. The highest BCUT2D eigenvalue weighted by Gasteiger charge is 2.21. The van der Waals surface area contributed by atoms with E-state index in [1.54, 1.807) is 0 Å². The van der Waals surface area contributed by atoms with Crippen molar-refractivity contribution in [3.8, 4) is 5.75 Å². The largest absolute Gasteiger partial charge is 0.492 e. The number of hydrogen-bond donors (Lipinski definition) is 1. The summed E-state index contributed by atoms with van der Waals surface area (Å²) < 4.78 is 5.75. The minimum absolute atomic E-state index is 0.0476. The van der Waals surface area contributed by atoms with Gasteiger partial charge in [-0.3, -0.25) is 9.69 Å². The van der Waals surface area contributed by atoms with Crippen molar-refractivity contribution < 1.29 is 9.53 Å². The van der Waals surface area contributed by atoms with Crippen LogP contribution in [0, 0.1) is 0 Å². The Balaban J connectivity index is 1.51. The van der Waals surface area contributed by atoms with Gasteiger partial charge >= 0.3 is 0 Å². The molecule has 0 radical (unpaired) electrons. The van der Waals surface area contributed by atoms with Gasteiger partial charge in [0, 0.05) is 31.9 Å². The summed E-state index contributed by atoms with van der Waals surface area (Å²) in [6.45, 7) is 8.72. The monoisotopic (exact) mass is 367 g/mol. The normalized spacial score (nSPS) is 14.8. The minimum Gasteiger partial charge on any atom is -0.492 e. The van der Waals surface area contributed by atoms with Crippen LogP contribution in [0.2, 0.25) is 0 Å². The summed E-state index contributed by atoms with van der Waals surface area (Å²) in [5.41, 5.74) is 3.25. The number of nitrogens with zero attached hydrogens (tertiary/aromatic N) is 2. The average Bonchev–Trinajstić information content (AvgIpc) is 2.69. The first-order valence-electron chi connectivity index (χ1n) is 9.77. The molecule has 2 aromatic rings. The van der Waals surface area contributed by atoms with E-state index in [0.717, 1.165) is 49.7 Å². The van der Waals surface area contributed by atoms with Gasteiger partial charge in [0.05, 0.1) is 18.8 Å². The van der Waals surface area contributed by atoms with Crippen molar-refractivity contribution >= 4 is 17.3 Å². The van der Waals surface area contributed by atoms with Crippen LogP contribution in [-0.2, 0) is 11.2 Å². The first-order chi connectivity index (χ1) is 13.2. The number of piperazine rings is 1. The van der Waals surface area contributed by atoms with Gasteiger partial charge < -0.3 is 15.0 Å². The van der Waals surface area contributed by atoms with Crippen LogP contribution in [0.15, 0.2) is 48.5 Å². The summed E-state index contributed by atoms with van der Waals surface area (Å²) in [7, 11) is 0. The summed E-state index contributed by atoms with van der Waals surface area (Å²) in [6.07, 6.45) is 0.967. The smallest absolute Gasteiger partial charge is 0.238 e.